The van der Waals surface area contributed by atoms with Gasteiger partial charge in [-0.25, -0.2) is 4.39 Å². The molecule has 5 aromatic rings. The molecule has 6 rings (SSSR count). The predicted molar refractivity (Wildman–Crippen MR) is 128 cm³/mol. The maximum absolute atomic E-state index is 13.6. The maximum atomic E-state index is 13.6. The number of aliphatic hydroxyl groups is 1. The van der Waals surface area contributed by atoms with E-state index in [9.17, 15) is 19.1 Å². The molecule has 1 unspecified atom stereocenters. The van der Waals surface area contributed by atoms with E-state index in [4.69, 9.17) is 0 Å². The van der Waals surface area contributed by atoms with Gasteiger partial charge >= 0.3 is 0 Å². The number of nitrogens with one attached hydrogen (secondary N) is 2. The summed E-state index contributed by atoms with van der Waals surface area (Å²) in [7, 11) is 0. The number of aliphatic hydroxyl groups excluding tert-OH is 1. The number of aromatic amines is 2. The van der Waals surface area contributed by atoms with E-state index in [0.29, 0.717) is 16.8 Å². The smallest absolute Gasteiger partial charge is 0.300 e. The van der Waals surface area contributed by atoms with Gasteiger partial charge in [0.05, 0.1) is 11.6 Å². The van der Waals surface area contributed by atoms with Gasteiger partial charge in [-0.3, -0.25) is 14.5 Å². The standard InChI is InChI=1S/C27H18FN3O3/c28-15-9-11-16(12-10-15)31-24(19-13-29-21-7-3-1-5-17(19)21)23(26(33)27(31)34)25(32)20-14-30-22-8-4-2-6-18(20)22/h1-14,24,29-30,32H/b25-23+. The Hall–Kier alpha value is -4.65. The van der Waals surface area contributed by atoms with Crippen LogP contribution < -0.4 is 4.90 Å². The summed E-state index contributed by atoms with van der Waals surface area (Å²) in [5.41, 5.74) is 3.04. The fraction of sp³-hybridized carbons (Fsp3) is 0.0370. The monoisotopic (exact) mass is 451 g/mol. The lowest BCUT2D eigenvalue weighted by Gasteiger charge is -2.25. The van der Waals surface area contributed by atoms with Gasteiger partial charge in [-0.15, -0.1) is 0 Å². The lowest BCUT2D eigenvalue weighted by molar-refractivity contribution is -0.132. The van der Waals surface area contributed by atoms with E-state index in [2.05, 4.69) is 9.97 Å². The number of fused-ring (bicyclic) bond motifs is 2. The molecule has 1 saturated heterocycles. The molecule has 3 heterocycles. The molecule has 1 fully saturated rings. The first-order valence-electron chi connectivity index (χ1n) is 10.7. The van der Waals surface area contributed by atoms with Gasteiger partial charge in [0, 0.05) is 51.0 Å². The van der Waals surface area contributed by atoms with Crippen LogP contribution in [0.4, 0.5) is 10.1 Å². The minimum atomic E-state index is -0.907. The number of hydrogen-bond donors (Lipinski definition) is 3. The molecule has 1 atom stereocenters. The quantitative estimate of drug-likeness (QED) is 0.195. The second-order valence-electron chi connectivity index (χ2n) is 8.18. The zero-order valence-corrected chi connectivity index (χ0v) is 17.7. The van der Waals surface area contributed by atoms with Crippen LogP contribution in [0.2, 0.25) is 0 Å². The van der Waals surface area contributed by atoms with Crippen molar-refractivity contribution in [1.29, 1.82) is 0 Å². The van der Waals surface area contributed by atoms with Gasteiger partial charge in [0.1, 0.15) is 11.6 Å². The van der Waals surface area contributed by atoms with E-state index in [-0.39, 0.29) is 11.3 Å². The second kappa shape index (κ2) is 7.45. The number of para-hydroxylation sites is 2. The Kier molecular flexibility index (Phi) is 4.38. The number of Topliss-reactive ketones (excluding diaryl/α,β-unsaturated/α-hetero) is 1. The zero-order valence-electron chi connectivity index (χ0n) is 17.7. The predicted octanol–water partition coefficient (Wildman–Crippen LogP) is 5.41. The first-order chi connectivity index (χ1) is 16.5. The molecule has 1 aliphatic heterocycles. The van der Waals surface area contributed by atoms with Crippen molar-refractivity contribution in [1.82, 2.24) is 9.97 Å². The molecule has 0 spiro atoms. The number of anilines is 1. The van der Waals surface area contributed by atoms with Gasteiger partial charge in [0.2, 0.25) is 0 Å². The van der Waals surface area contributed by atoms with Crippen LogP contribution in [0.15, 0.2) is 90.8 Å². The van der Waals surface area contributed by atoms with Crippen molar-refractivity contribution in [2.75, 3.05) is 4.90 Å². The second-order valence-corrected chi connectivity index (χ2v) is 8.18. The summed E-state index contributed by atoms with van der Waals surface area (Å²) in [6.07, 6.45) is 3.36. The Balaban J connectivity index is 1.63. The SMILES string of the molecule is O=C1C(=O)N(c2ccc(F)cc2)C(c2c[nH]c3ccccc23)/C1=C(\O)c1c[nH]c2ccccc12. The molecule has 3 aromatic carbocycles. The van der Waals surface area contributed by atoms with Crippen LogP contribution in [0.3, 0.4) is 0 Å². The van der Waals surface area contributed by atoms with Crippen LogP contribution in [0.5, 0.6) is 0 Å². The third kappa shape index (κ3) is 2.87. The summed E-state index contributed by atoms with van der Waals surface area (Å²) in [5, 5.41) is 13.0. The number of carbonyl (C=O) groups excluding carboxylic acids is 2. The Morgan fingerprint density at radius 3 is 2.18 bits per heavy atom. The average Bonchev–Trinajstić information content (AvgIpc) is 3.54. The zero-order chi connectivity index (χ0) is 23.4. The van der Waals surface area contributed by atoms with E-state index in [1.165, 1.54) is 29.2 Å². The molecule has 7 heteroatoms. The molecule has 2 aromatic heterocycles. The summed E-state index contributed by atoms with van der Waals surface area (Å²) in [6, 6.07) is 19.4. The third-order valence-electron chi connectivity index (χ3n) is 6.31. The van der Waals surface area contributed by atoms with Gasteiger partial charge in [0.25, 0.3) is 11.7 Å². The molecule has 3 N–H and O–H groups in total. The van der Waals surface area contributed by atoms with Gasteiger partial charge < -0.3 is 15.1 Å². The van der Waals surface area contributed by atoms with Crippen molar-refractivity contribution < 1.29 is 19.1 Å². The number of H-pyrrole nitrogens is 2. The normalized spacial score (nSPS) is 17.8. The van der Waals surface area contributed by atoms with Crippen LogP contribution in [0, 0.1) is 5.82 Å². The maximum Gasteiger partial charge on any atom is 0.300 e. The Morgan fingerprint density at radius 2 is 1.44 bits per heavy atom. The molecule has 0 saturated carbocycles. The van der Waals surface area contributed by atoms with Gasteiger partial charge in [-0.05, 0) is 36.4 Å². The molecule has 166 valence electrons. The van der Waals surface area contributed by atoms with Crippen LogP contribution in [-0.4, -0.2) is 26.8 Å². The number of carbonyl (C=O) groups is 2. The summed E-state index contributed by atoms with van der Waals surface area (Å²) in [4.78, 5) is 34.3. The summed E-state index contributed by atoms with van der Waals surface area (Å²) < 4.78 is 13.6. The number of rotatable bonds is 3. The van der Waals surface area contributed by atoms with E-state index in [0.717, 1.165) is 21.8 Å². The fourth-order valence-corrected chi connectivity index (χ4v) is 4.73. The molecule has 0 radical (unpaired) electrons. The fourth-order valence-electron chi connectivity index (χ4n) is 4.73. The number of benzene rings is 3. The van der Waals surface area contributed by atoms with Crippen molar-refractivity contribution in [3.05, 3.63) is 108 Å². The Morgan fingerprint density at radius 1 is 0.824 bits per heavy atom. The van der Waals surface area contributed by atoms with Crippen LogP contribution in [-0.2, 0) is 9.59 Å². The average molecular weight is 451 g/mol. The highest BCUT2D eigenvalue weighted by Crippen LogP contribution is 2.44. The van der Waals surface area contributed by atoms with E-state index in [1.54, 1.807) is 12.4 Å². The van der Waals surface area contributed by atoms with Crippen molar-refractivity contribution in [2.24, 2.45) is 0 Å². The Bertz CT molecular complexity index is 1630. The van der Waals surface area contributed by atoms with E-state index in [1.807, 2.05) is 48.5 Å². The minimum absolute atomic E-state index is 0.0242. The minimum Gasteiger partial charge on any atom is -0.507 e. The van der Waals surface area contributed by atoms with Crippen molar-refractivity contribution in [3.63, 3.8) is 0 Å². The topological polar surface area (TPSA) is 89.2 Å². The molecular weight excluding hydrogens is 433 g/mol. The highest BCUT2D eigenvalue weighted by atomic mass is 19.1. The highest BCUT2D eigenvalue weighted by molar-refractivity contribution is 6.52. The Labute approximate surface area is 192 Å². The largest absolute Gasteiger partial charge is 0.507 e. The van der Waals surface area contributed by atoms with Crippen LogP contribution >= 0.6 is 0 Å². The first-order valence-corrected chi connectivity index (χ1v) is 10.7. The molecular formula is C27H18FN3O3. The first kappa shape index (κ1) is 20.0. The van der Waals surface area contributed by atoms with E-state index >= 15 is 0 Å². The number of nitrogens with zero attached hydrogens (tertiary/aromatic N) is 1. The van der Waals surface area contributed by atoms with Crippen molar-refractivity contribution in [2.45, 2.75) is 6.04 Å². The number of hydrogen-bond acceptors (Lipinski definition) is 3. The van der Waals surface area contributed by atoms with Crippen LogP contribution in [0.25, 0.3) is 27.6 Å². The van der Waals surface area contributed by atoms with Gasteiger partial charge in [-0.1, -0.05) is 36.4 Å². The number of ketones is 1. The number of amides is 1. The number of aromatic nitrogens is 2. The highest BCUT2D eigenvalue weighted by Gasteiger charge is 2.47. The molecule has 34 heavy (non-hydrogen) atoms. The summed E-state index contributed by atoms with van der Waals surface area (Å²) in [5.74, 6) is -2.32. The lowest BCUT2D eigenvalue weighted by Crippen LogP contribution is -2.29. The summed E-state index contributed by atoms with van der Waals surface area (Å²) >= 11 is 0. The molecule has 1 aliphatic rings. The summed E-state index contributed by atoms with van der Waals surface area (Å²) in [6.45, 7) is 0. The third-order valence-corrected chi connectivity index (χ3v) is 6.31. The lowest BCUT2D eigenvalue weighted by atomic mass is 9.94. The van der Waals surface area contributed by atoms with Crippen molar-refractivity contribution in [3.8, 4) is 0 Å². The van der Waals surface area contributed by atoms with Gasteiger partial charge in [0.15, 0.2) is 0 Å². The molecule has 1 amide bonds. The number of halogens is 1. The molecule has 6 nitrogen and oxygen atoms in total. The van der Waals surface area contributed by atoms with Crippen LogP contribution in [0.1, 0.15) is 17.2 Å². The molecule has 0 aliphatic carbocycles. The van der Waals surface area contributed by atoms with E-state index < -0.39 is 23.5 Å². The molecule has 0 bridgehead atoms. The van der Waals surface area contributed by atoms with Crippen molar-refractivity contribution >= 4 is 44.9 Å². The van der Waals surface area contributed by atoms with Gasteiger partial charge in [-0.2, -0.15) is 0 Å².